The van der Waals surface area contributed by atoms with Crippen LogP contribution in [0.5, 0.6) is 0 Å². The number of aryl methyl sites for hydroxylation is 2. The van der Waals surface area contributed by atoms with Gasteiger partial charge in [0.05, 0.1) is 18.3 Å². The Labute approximate surface area is 120 Å². The predicted octanol–water partition coefficient (Wildman–Crippen LogP) is 3.18. The van der Waals surface area contributed by atoms with Crippen LogP contribution in [-0.4, -0.2) is 20.6 Å². The molecule has 19 heavy (non-hydrogen) atoms. The summed E-state index contributed by atoms with van der Waals surface area (Å²) in [5.74, 6) is -0.0139. The molecule has 1 aromatic heterocycles. The Morgan fingerprint density at radius 3 is 2.89 bits per heavy atom. The van der Waals surface area contributed by atoms with Crippen molar-refractivity contribution in [3.8, 4) is 11.3 Å². The minimum atomic E-state index is -0.803. The summed E-state index contributed by atoms with van der Waals surface area (Å²) in [4.78, 5) is 14.9. The van der Waals surface area contributed by atoms with Crippen LogP contribution in [0, 0.1) is 6.92 Å². The van der Waals surface area contributed by atoms with Crippen molar-refractivity contribution < 1.29 is 9.90 Å². The maximum Gasteiger partial charge on any atom is 0.303 e. The van der Waals surface area contributed by atoms with Crippen LogP contribution in [0.25, 0.3) is 11.3 Å². The van der Waals surface area contributed by atoms with E-state index in [1.165, 1.54) is 0 Å². The van der Waals surface area contributed by atoms with Gasteiger partial charge in [-0.3, -0.25) is 4.79 Å². The Morgan fingerprint density at radius 1 is 1.47 bits per heavy atom. The van der Waals surface area contributed by atoms with Crippen LogP contribution >= 0.6 is 15.9 Å². The van der Waals surface area contributed by atoms with Gasteiger partial charge in [0.2, 0.25) is 0 Å². The highest BCUT2D eigenvalue weighted by Gasteiger charge is 2.12. The monoisotopic (exact) mass is 322 g/mol. The van der Waals surface area contributed by atoms with E-state index in [2.05, 4.69) is 20.9 Å². The molecule has 1 heterocycles. The van der Waals surface area contributed by atoms with Crippen LogP contribution in [-0.2, 0) is 18.3 Å². The van der Waals surface area contributed by atoms with Crippen molar-refractivity contribution in [1.82, 2.24) is 9.55 Å². The number of rotatable bonds is 4. The van der Waals surface area contributed by atoms with Crippen molar-refractivity contribution in [3.05, 3.63) is 40.3 Å². The molecule has 5 heteroatoms. The number of aliphatic carboxylic acids is 1. The fourth-order valence-corrected chi connectivity index (χ4v) is 2.38. The summed E-state index contributed by atoms with van der Waals surface area (Å²) >= 11 is 3.47. The van der Waals surface area contributed by atoms with Crippen molar-refractivity contribution >= 4 is 21.9 Å². The Kier molecular flexibility index (Phi) is 4.04. The molecule has 0 bridgehead atoms. The zero-order chi connectivity index (χ0) is 14.0. The molecule has 2 aromatic rings. The summed E-state index contributed by atoms with van der Waals surface area (Å²) in [7, 11) is 1.92. The Bertz CT molecular complexity index is 620. The van der Waals surface area contributed by atoms with E-state index in [0.29, 0.717) is 6.42 Å². The number of carbonyl (C=O) groups is 1. The molecule has 0 aliphatic rings. The van der Waals surface area contributed by atoms with Gasteiger partial charge in [-0.1, -0.05) is 22.0 Å². The van der Waals surface area contributed by atoms with Crippen LogP contribution in [0.15, 0.2) is 28.9 Å². The van der Waals surface area contributed by atoms with Crippen LogP contribution in [0.2, 0.25) is 0 Å². The first kappa shape index (κ1) is 13.8. The minimum Gasteiger partial charge on any atom is -0.481 e. The third-order valence-electron chi connectivity index (χ3n) is 3.12. The SMILES string of the molecule is Cc1ccc(Br)cc1-c1cnc(CCC(=O)O)n1C. The molecule has 0 fully saturated rings. The first-order valence-corrected chi connectivity index (χ1v) is 6.77. The molecule has 4 nitrogen and oxygen atoms in total. The highest BCUT2D eigenvalue weighted by molar-refractivity contribution is 9.10. The van der Waals surface area contributed by atoms with Crippen LogP contribution in [0.4, 0.5) is 0 Å². The molecule has 0 saturated heterocycles. The Hall–Kier alpha value is -1.62. The lowest BCUT2D eigenvalue weighted by Gasteiger charge is -2.09. The summed E-state index contributed by atoms with van der Waals surface area (Å²) in [5.41, 5.74) is 3.26. The molecular formula is C14H15BrN2O2. The zero-order valence-corrected chi connectivity index (χ0v) is 12.4. The van der Waals surface area contributed by atoms with Gasteiger partial charge in [0.1, 0.15) is 5.82 Å². The van der Waals surface area contributed by atoms with E-state index in [1.54, 1.807) is 6.20 Å². The average molecular weight is 323 g/mol. The molecule has 0 aliphatic heterocycles. The topological polar surface area (TPSA) is 55.1 Å². The third kappa shape index (κ3) is 3.04. The second kappa shape index (κ2) is 5.57. The molecule has 100 valence electrons. The molecule has 1 N–H and O–H groups in total. The van der Waals surface area contributed by atoms with E-state index in [9.17, 15) is 4.79 Å². The summed E-state index contributed by atoms with van der Waals surface area (Å²) in [6.07, 6.45) is 2.34. The molecule has 0 aliphatic carbocycles. The lowest BCUT2D eigenvalue weighted by molar-refractivity contribution is -0.137. The van der Waals surface area contributed by atoms with Crippen LogP contribution in [0.3, 0.4) is 0 Å². The van der Waals surface area contributed by atoms with E-state index >= 15 is 0 Å². The van der Waals surface area contributed by atoms with Gasteiger partial charge in [0.25, 0.3) is 0 Å². The maximum absolute atomic E-state index is 10.6. The molecule has 0 amide bonds. The average Bonchev–Trinajstić information content (AvgIpc) is 2.71. The number of hydrogen-bond acceptors (Lipinski definition) is 2. The zero-order valence-electron chi connectivity index (χ0n) is 10.9. The first-order chi connectivity index (χ1) is 8.99. The second-order valence-corrected chi connectivity index (χ2v) is 5.39. The number of aromatic nitrogens is 2. The van der Waals surface area contributed by atoms with E-state index in [-0.39, 0.29) is 6.42 Å². The molecule has 0 unspecified atom stereocenters. The number of hydrogen-bond donors (Lipinski definition) is 1. The van der Waals surface area contributed by atoms with E-state index in [1.807, 2.05) is 36.7 Å². The van der Waals surface area contributed by atoms with Gasteiger partial charge in [-0.25, -0.2) is 4.98 Å². The number of carboxylic acid groups (broad SMARTS) is 1. The molecule has 0 radical (unpaired) electrons. The van der Waals surface area contributed by atoms with Crippen LogP contribution in [0.1, 0.15) is 17.8 Å². The van der Waals surface area contributed by atoms with Crippen molar-refractivity contribution in [2.75, 3.05) is 0 Å². The number of halogens is 1. The number of benzene rings is 1. The lowest BCUT2D eigenvalue weighted by atomic mass is 10.1. The van der Waals surface area contributed by atoms with Gasteiger partial charge in [-0.05, 0) is 24.6 Å². The summed E-state index contributed by atoms with van der Waals surface area (Å²) in [5, 5.41) is 8.73. The molecule has 2 rings (SSSR count). The third-order valence-corrected chi connectivity index (χ3v) is 3.62. The fraction of sp³-hybridized carbons (Fsp3) is 0.286. The predicted molar refractivity (Wildman–Crippen MR) is 77.0 cm³/mol. The van der Waals surface area contributed by atoms with E-state index in [0.717, 1.165) is 27.1 Å². The molecule has 0 atom stereocenters. The van der Waals surface area contributed by atoms with Crippen LogP contribution < -0.4 is 0 Å². The standard InChI is InChI=1S/C14H15BrN2O2/c1-9-3-4-10(15)7-11(9)12-8-16-13(17(12)2)5-6-14(18)19/h3-4,7-8H,5-6H2,1-2H3,(H,18,19). The highest BCUT2D eigenvalue weighted by atomic mass is 79.9. The molecule has 1 aromatic carbocycles. The smallest absolute Gasteiger partial charge is 0.303 e. The molecule has 0 spiro atoms. The molecule has 0 saturated carbocycles. The highest BCUT2D eigenvalue weighted by Crippen LogP contribution is 2.27. The second-order valence-electron chi connectivity index (χ2n) is 4.47. The Balaban J connectivity index is 2.36. The van der Waals surface area contributed by atoms with Crippen molar-refractivity contribution in [2.24, 2.45) is 7.05 Å². The summed E-state index contributed by atoms with van der Waals surface area (Å²) in [6, 6.07) is 6.09. The largest absolute Gasteiger partial charge is 0.481 e. The number of nitrogens with zero attached hydrogens (tertiary/aromatic N) is 2. The normalized spacial score (nSPS) is 10.7. The van der Waals surface area contributed by atoms with Crippen molar-refractivity contribution in [2.45, 2.75) is 19.8 Å². The number of imidazole rings is 1. The fourth-order valence-electron chi connectivity index (χ4n) is 2.02. The van der Waals surface area contributed by atoms with Crippen molar-refractivity contribution in [3.63, 3.8) is 0 Å². The van der Waals surface area contributed by atoms with Gasteiger partial charge in [0, 0.05) is 23.5 Å². The van der Waals surface area contributed by atoms with E-state index in [4.69, 9.17) is 5.11 Å². The Morgan fingerprint density at radius 2 is 2.21 bits per heavy atom. The summed E-state index contributed by atoms with van der Waals surface area (Å²) < 4.78 is 2.97. The van der Waals surface area contributed by atoms with Gasteiger partial charge in [0.15, 0.2) is 0 Å². The minimum absolute atomic E-state index is 0.0990. The molecular weight excluding hydrogens is 308 g/mol. The van der Waals surface area contributed by atoms with Crippen molar-refractivity contribution in [1.29, 1.82) is 0 Å². The van der Waals surface area contributed by atoms with Gasteiger partial charge in [-0.15, -0.1) is 0 Å². The lowest BCUT2D eigenvalue weighted by Crippen LogP contribution is -2.04. The number of carboxylic acids is 1. The maximum atomic E-state index is 10.6. The first-order valence-electron chi connectivity index (χ1n) is 5.98. The van der Waals surface area contributed by atoms with E-state index < -0.39 is 5.97 Å². The summed E-state index contributed by atoms with van der Waals surface area (Å²) in [6.45, 7) is 2.05. The van der Waals surface area contributed by atoms with Gasteiger partial charge in [-0.2, -0.15) is 0 Å². The van der Waals surface area contributed by atoms with Gasteiger partial charge >= 0.3 is 5.97 Å². The van der Waals surface area contributed by atoms with Gasteiger partial charge < -0.3 is 9.67 Å². The quantitative estimate of drug-likeness (QED) is 0.940.